The third kappa shape index (κ3) is 30.6. The van der Waals surface area contributed by atoms with Crippen LogP contribution in [0, 0.1) is 11.8 Å². The van der Waals surface area contributed by atoms with Gasteiger partial charge in [-0.15, -0.1) is 0 Å². The Morgan fingerprint density at radius 3 is 1.21 bits per heavy atom. The van der Waals surface area contributed by atoms with E-state index in [1.165, 1.54) is 0 Å². The van der Waals surface area contributed by atoms with Crippen LogP contribution in [0.15, 0.2) is 0 Å². The number of aliphatic carboxylic acids is 1. The molecule has 14 heavy (non-hydrogen) atoms. The lowest BCUT2D eigenvalue weighted by Crippen LogP contribution is -2.20. The molecule has 82 valence electrons. The Labute approximate surface area is 84.6 Å². The van der Waals surface area contributed by atoms with E-state index in [0.717, 1.165) is 6.92 Å². The molecule has 0 aliphatic heterocycles. The molecule has 0 radical (unpaired) electrons. The summed E-state index contributed by atoms with van der Waals surface area (Å²) in [5.41, 5.74) is -2.03. The summed E-state index contributed by atoms with van der Waals surface area (Å²) < 4.78 is 0. The minimum atomic E-state index is -1.01. The molecule has 4 heteroatoms. The van der Waals surface area contributed by atoms with Gasteiger partial charge in [0.05, 0.1) is 0 Å². The van der Waals surface area contributed by atoms with Crippen molar-refractivity contribution in [2.45, 2.75) is 45.8 Å². The Kier molecular flexibility index (Phi) is 6.20. The van der Waals surface area contributed by atoms with Crippen LogP contribution in [0.3, 0.4) is 0 Å². The van der Waals surface area contributed by atoms with Crippen LogP contribution in [0.4, 0.5) is 0 Å². The zero-order valence-electron chi connectivity index (χ0n) is 9.25. The van der Waals surface area contributed by atoms with Gasteiger partial charge in [-0.25, -0.2) is 0 Å². The van der Waals surface area contributed by atoms with Gasteiger partial charge in [0.1, 0.15) is 11.2 Å². The van der Waals surface area contributed by atoms with Crippen LogP contribution < -0.4 is 0 Å². The van der Waals surface area contributed by atoms with E-state index in [1.54, 1.807) is 27.7 Å². The van der Waals surface area contributed by atoms with Gasteiger partial charge in [0.15, 0.2) is 0 Å². The van der Waals surface area contributed by atoms with E-state index in [2.05, 4.69) is 11.8 Å². The SMILES string of the molecule is CC(=O)O.CC(C)(O)C#CC(C)(C)O. The summed E-state index contributed by atoms with van der Waals surface area (Å²) in [5, 5.41) is 25.6. The zero-order valence-corrected chi connectivity index (χ0v) is 9.25. The van der Waals surface area contributed by atoms with Gasteiger partial charge in [-0.2, -0.15) is 0 Å². The first-order valence-corrected chi connectivity index (χ1v) is 4.12. The van der Waals surface area contributed by atoms with Gasteiger partial charge in [0.2, 0.25) is 0 Å². The van der Waals surface area contributed by atoms with E-state index in [1.807, 2.05) is 0 Å². The molecule has 0 rings (SSSR count). The molecule has 0 amide bonds. The van der Waals surface area contributed by atoms with Crippen LogP contribution >= 0.6 is 0 Å². The Morgan fingerprint density at radius 1 is 1.00 bits per heavy atom. The summed E-state index contributed by atoms with van der Waals surface area (Å²) in [6.07, 6.45) is 0. The normalized spacial score (nSPS) is 10.5. The maximum absolute atomic E-state index is 9.10. The van der Waals surface area contributed by atoms with Crippen LogP contribution in [-0.2, 0) is 4.79 Å². The predicted molar refractivity (Wildman–Crippen MR) is 53.7 cm³/mol. The largest absolute Gasteiger partial charge is 0.481 e. The summed E-state index contributed by atoms with van der Waals surface area (Å²) in [7, 11) is 0. The summed E-state index contributed by atoms with van der Waals surface area (Å²) in [5.74, 6) is 4.20. The van der Waals surface area contributed by atoms with Crippen molar-refractivity contribution in [1.82, 2.24) is 0 Å². The van der Waals surface area contributed by atoms with Gasteiger partial charge in [-0.1, -0.05) is 11.8 Å². The van der Waals surface area contributed by atoms with Crippen molar-refractivity contribution in [2.75, 3.05) is 0 Å². The summed E-state index contributed by atoms with van der Waals surface area (Å²) in [4.78, 5) is 9.00. The lowest BCUT2D eigenvalue weighted by molar-refractivity contribution is -0.134. The van der Waals surface area contributed by atoms with Gasteiger partial charge in [-0.3, -0.25) is 4.79 Å². The molecule has 0 spiro atoms. The number of rotatable bonds is 0. The average Bonchev–Trinajstić information content (AvgIpc) is 1.79. The van der Waals surface area contributed by atoms with Crippen molar-refractivity contribution in [1.29, 1.82) is 0 Å². The Hall–Kier alpha value is -1.05. The summed E-state index contributed by atoms with van der Waals surface area (Å²) >= 11 is 0. The smallest absolute Gasteiger partial charge is 0.300 e. The molecule has 0 atom stereocenters. The first kappa shape index (κ1) is 15.4. The first-order chi connectivity index (χ1) is 5.94. The maximum atomic E-state index is 9.10. The highest BCUT2D eigenvalue weighted by molar-refractivity contribution is 5.62. The molecule has 0 aliphatic rings. The van der Waals surface area contributed by atoms with Gasteiger partial charge in [0.25, 0.3) is 5.97 Å². The Balaban J connectivity index is 0. The molecule has 0 aromatic rings. The van der Waals surface area contributed by atoms with Gasteiger partial charge in [-0.05, 0) is 27.7 Å². The van der Waals surface area contributed by atoms with E-state index >= 15 is 0 Å². The second-order valence-electron chi connectivity index (χ2n) is 3.89. The molecule has 4 nitrogen and oxygen atoms in total. The van der Waals surface area contributed by atoms with Crippen molar-refractivity contribution in [3.05, 3.63) is 0 Å². The fraction of sp³-hybridized carbons (Fsp3) is 0.700. The fourth-order valence-corrected chi connectivity index (χ4v) is 0.306. The Bertz CT molecular complexity index is 210. The lowest BCUT2D eigenvalue weighted by Gasteiger charge is -2.10. The van der Waals surface area contributed by atoms with Crippen molar-refractivity contribution in [2.24, 2.45) is 0 Å². The molecule has 0 aromatic carbocycles. The molecule has 0 fully saturated rings. The summed E-state index contributed by atoms with van der Waals surface area (Å²) in [6.45, 7) is 7.38. The molecule has 3 N–H and O–H groups in total. The minimum absolute atomic E-state index is 0.833. The molecule has 0 bridgehead atoms. The van der Waals surface area contributed by atoms with Gasteiger partial charge in [0, 0.05) is 6.92 Å². The molecule has 0 saturated carbocycles. The van der Waals surface area contributed by atoms with E-state index in [4.69, 9.17) is 20.1 Å². The van der Waals surface area contributed by atoms with E-state index in [9.17, 15) is 0 Å². The Morgan fingerprint density at radius 2 is 1.14 bits per heavy atom. The first-order valence-electron chi connectivity index (χ1n) is 4.12. The van der Waals surface area contributed by atoms with E-state index < -0.39 is 17.2 Å². The molecule has 0 aliphatic carbocycles. The highest BCUT2D eigenvalue weighted by Crippen LogP contribution is 2.01. The fourth-order valence-electron chi connectivity index (χ4n) is 0.306. The second kappa shape index (κ2) is 5.63. The monoisotopic (exact) mass is 202 g/mol. The van der Waals surface area contributed by atoms with Crippen molar-refractivity contribution < 1.29 is 20.1 Å². The van der Waals surface area contributed by atoms with Crippen LogP contribution in [0.2, 0.25) is 0 Å². The average molecular weight is 202 g/mol. The van der Waals surface area contributed by atoms with Crippen LogP contribution in [-0.4, -0.2) is 32.5 Å². The third-order valence-corrected chi connectivity index (χ3v) is 0.674. The predicted octanol–water partition coefficient (Wildman–Crippen LogP) is 0.623. The maximum Gasteiger partial charge on any atom is 0.300 e. The quantitative estimate of drug-likeness (QED) is 0.503. The van der Waals surface area contributed by atoms with Crippen molar-refractivity contribution >= 4 is 5.97 Å². The highest BCUT2D eigenvalue weighted by atomic mass is 16.4. The van der Waals surface area contributed by atoms with Crippen molar-refractivity contribution in [3.63, 3.8) is 0 Å². The van der Waals surface area contributed by atoms with E-state index in [-0.39, 0.29) is 0 Å². The number of hydrogen-bond acceptors (Lipinski definition) is 3. The molecule has 0 heterocycles. The van der Waals surface area contributed by atoms with Gasteiger partial charge >= 0.3 is 0 Å². The number of hydrogen-bond donors (Lipinski definition) is 3. The van der Waals surface area contributed by atoms with Gasteiger partial charge < -0.3 is 15.3 Å². The van der Waals surface area contributed by atoms with Crippen LogP contribution in [0.1, 0.15) is 34.6 Å². The van der Waals surface area contributed by atoms with Crippen LogP contribution in [0.25, 0.3) is 0 Å². The number of carboxylic acid groups (broad SMARTS) is 1. The van der Waals surface area contributed by atoms with E-state index in [0.29, 0.717) is 0 Å². The topological polar surface area (TPSA) is 77.8 Å². The second-order valence-corrected chi connectivity index (χ2v) is 3.89. The molecule has 0 unspecified atom stereocenters. The standard InChI is InChI=1S/C8H14O2.C2H4O2/c1-7(2,9)5-6-8(3,4)10;1-2(3)4/h9-10H,1-4H3;1H3,(H,3,4). The summed E-state index contributed by atoms with van der Waals surface area (Å²) in [6, 6.07) is 0. The van der Waals surface area contributed by atoms with Crippen molar-refractivity contribution in [3.8, 4) is 11.8 Å². The lowest BCUT2D eigenvalue weighted by atomic mass is 10.1. The molecular formula is C10H18O4. The molecule has 0 saturated heterocycles. The molecule has 0 aromatic heterocycles. The number of carboxylic acids is 1. The third-order valence-electron chi connectivity index (χ3n) is 0.674. The van der Waals surface area contributed by atoms with Crippen LogP contribution in [0.5, 0.6) is 0 Å². The number of carbonyl (C=O) groups is 1. The number of aliphatic hydroxyl groups is 2. The molecular weight excluding hydrogens is 184 g/mol. The minimum Gasteiger partial charge on any atom is -0.481 e. The zero-order chi connectivity index (χ0) is 12.0. The highest BCUT2D eigenvalue weighted by Gasteiger charge is 2.10.